The first-order chi connectivity index (χ1) is 5.34. The summed E-state index contributed by atoms with van der Waals surface area (Å²) in [6.07, 6.45) is 4.06. The molecule has 66 valence electrons. The Balaban J connectivity index is 2.30. The van der Waals surface area contributed by atoms with Gasteiger partial charge in [-0.3, -0.25) is 0 Å². The lowest BCUT2D eigenvalue weighted by Crippen LogP contribution is -2.30. The van der Waals surface area contributed by atoms with Gasteiger partial charge < -0.3 is 10.6 Å². The van der Waals surface area contributed by atoms with Crippen LogP contribution in [0.15, 0.2) is 0 Å². The highest BCUT2D eigenvalue weighted by Gasteiger charge is 2.16. The molecule has 1 rings (SSSR count). The van der Waals surface area contributed by atoms with Crippen molar-refractivity contribution >= 4 is 0 Å². The number of nitrogens with one attached hydrogen (secondary N) is 2. The second-order valence-electron chi connectivity index (χ2n) is 3.52. The summed E-state index contributed by atoms with van der Waals surface area (Å²) < 4.78 is 0. The van der Waals surface area contributed by atoms with Crippen LogP contribution in [0.5, 0.6) is 0 Å². The Kier molecular flexibility index (Phi) is 3.87. The van der Waals surface area contributed by atoms with Crippen molar-refractivity contribution in [2.24, 2.45) is 5.92 Å². The molecule has 0 spiro atoms. The van der Waals surface area contributed by atoms with Crippen LogP contribution in [-0.4, -0.2) is 26.2 Å². The summed E-state index contributed by atoms with van der Waals surface area (Å²) in [5.74, 6) is 0.884. The normalized spacial score (nSPS) is 29.5. The Labute approximate surface area is 69.8 Å². The first-order valence-corrected chi connectivity index (χ1v) is 4.72. The fourth-order valence-corrected chi connectivity index (χ4v) is 1.78. The van der Waals surface area contributed by atoms with Gasteiger partial charge in [-0.15, -0.1) is 0 Å². The van der Waals surface area contributed by atoms with Gasteiger partial charge in [0.05, 0.1) is 0 Å². The summed E-state index contributed by atoms with van der Waals surface area (Å²) in [6.45, 7) is 4.71. The van der Waals surface area contributed by atoms with Gasteiger partial charge in [0, 0.05) is 6.04 Å². The van der Waals surface area contributed by atoms with Crippen LogP contribution < -0.4 is 10.6 Å². The van der Waals surface area contributed by atoms with Crippen LogP contribution in [-0.2, 0) is 0 Å². The minimum atomic E-state index is 0.690. The van der Waals surface area contributed by atoms with Crippen molar-refractivity contribution in [3.05, 3.63) is 0 Å². The molecule has 2 unspecified atom stereocenters. The molecular weight excluding hydrogens is 136 g/mol. The fraction of sp³-hybridized carbons (Fsp3) is 1.00. The maximum absolute atomic E-state index is 3.43. The van der Waals surface area contributed by atoms with Gasteiger partial charge in [-0.2, -0.15) is 0 Å². The van der Waals surface area contributed by atoms with Crippen molar-refractivity contribution in [1.82, 2.24) is 10.6 Å². The smallest absolute Gasteiger partial charge is 0.00644 e. The third-order valence-corrected chi connectivity index (χ3v) is 2.78. The minimum absolute atomic E-state index is 0.690. The van der Waals surface area contributed by atoms with Crippen molar-refractivity contribution < 1.29 is 0 Å². The van der Waals surface area contributed by atoms with E-state index in [0.29, 0.717) is 6.04 Å². The van der Waals surface area contributed by atoms with Crippen molar-refractivity contribution in [3.8, 4) is 0 Å². The van der Waals surface area contributed by atoms with Gasteiger partial charge in [-0.25, -0.2) is 0 Å². The zero-order chi connectivity index (χ0) is 8.10. The highest BCUT2D eigenvalue weighted by atomic mass is 14.9. The number of rotatable bonds is 2. The van der Waals surface area contributed by atoms with E-state index in [1.54, 1.807) is 0 Å². The molecule has 2 heteroatoms. The summed E-state index contributed by atoms with van der Waals surface area (Å²) in [5, 5.41) is 6.76. The summed E-state index contributed by atoms with van der Waals surface area (Å²) in [7, 11) is 2.06. The molecule has 0 aromatic heterocycles. The molecule has 11 heavy (non-hydrogen) atoms. The van der Waals surface area contributed by atoms with Crippen LogP contribution in [0.1, 0.15) is 26.2 Å². The van der Waals surface area contributed by atoms with Crippen LogP contribution in [0.2, 0.25) is 0 Å². The second-order valence-corrected chi connectivity index (χ2v) is 3.52. The fourth-order valence-electron chi connectivity index (χ4n) is 1.78. The predicted molar refractivity (Wildman–Crippen MR) is 48.7 cm³/mol. The lowest BCUT2D eigenvalue weighted by molar-refractivity contribution is 0.362. The third kappa shape index (κ3) is 2.80. The molecule has 0 radical (unpaired) electrons. The molecule has 1 saturated heterocycles. The first-order valence-electron chi connectivity index (χ1n) is 4.72. The summed E-state index contributed by atoms with van der Waals surface area (Å²) in [6, 6.07) is 0.690. The van der Waals surface area contributed by atoms with E-state index in [9.17, 15) is 0 Å². The first kappa shape index (κ1) is 9.01. The zero-order valence-electron chi connectivity index (χ0n) is 7.69. The SMILES string of the molecule is CNC(C)C1CCCNCC1. The molecule has 0 aromatic carbocycles. The van der Waals surface area contributed by atoms with E-state index in [1.807, 2.05) is 0 Å². The van der Waals surface area contributed by atoms with E-state index in [4.69, 9.17) is 0 Å². The van der Waals surface area contributed by atoms with Gasteiger partial charge in [0.25, 0.3) is 0 Å². The molecule has 1 fully saturated rings. The van der Waals surface area contributed by atoms with Crippen LogP contribution in [0.3, 0.4) is 0 Å². The van der Waals surface area contributed by atoms with Gasteiger partial charge in [0.15, 0.2) is 0 Å². The molecule has 0 aliphatic carbocycles. The van der Waals surface area contributed by atoms with E-state index in [1.165, 1.54) is 32.4 Å². The van der Waals surface area contributed by atoms with E-state index in [0.717, 1.165) is 5.92 Å². The Bertz CT molecular complexity index is 95.7. The van der Waals surface area contributed by atoms with Gasteiger partial charge in [-0.05, 0) is 52.2 Å². The van der Waals surface area contributed by atoms with Gasteiger partial charge in [-0.1, -0.05) is 0 Å². The van der Waals surface area contributed by atoms with Gasteiger partial charge in [0.1, 0.15) is 0 Å². The Morgan fingerprint density at radius 3 is 2.91 bits per heavy atom. The van der Waals surface area contributed by atoms with Crippen LogP contribution >= 0.6 is 0 Å². The Hall–Kier alpha value is -0.0800. The predicted octanol–water partition coefficient (Wildman–Crippen LogP) is 0.984. The lowest BCUT2D eigenvalue weighted by atomic mass is 9.93. The van der Waals surface area contributed by atoms with E-state index >= 15 is 0 Å². The average Bonchev–Trinajstić information content (AvgIpc) is 2.30. The largest absolute Gasteiger partial charge is 0.317 e. The highest BCUT2D eigenvalue weighted by Crippen LogP contribution is 2.16. The molecule has 2 nitrogen and oxygen atoms in total. The van der Waals surface area contributed by atoms with Gasteiger partial charge >= 0.3 is 0 Å². The van der Waals surface area contributed by atoms with Crippen LogP contribution in [0, 0.1) is 5.92 Å². The lowest BCUT2D eigenvalue weighted by Gasteiger charge is -2.21. The molecule has 1 aliphatic rings. The molecule has 0 aromatic rings. The molecule has 0 bridgehead atoms. The quantitative estimate of drug-likeness (QED) is 0.623. The molecule has 1 aliphatic heterocycles. The van der Waals surface area contributed by atoms with Crippen molar-refractivity contribution in [2.45, 2.75) is 32.2 Å². The molecular formula is C9H20N2. The van der Waals surface area contributed by atoms with Crippen molar-refractivity contribution in [2.75, 3.05) is 20.1 Å². The highest BCUT2D eigenvalue weighted by molar-refractivity contribution is 4.74. The van der Waals surface area contributed by atoms with E-state index in [2.05, 4.69) is 24.6 Å². The Morgan fingerprint density at radius 2 is 2.18 bits per heavy atom. The van der Waals surface area contributed by atoms with Crippen molar-refractivity contribution in [3.63, 3.8) is 0 Å². The van der Waals surface area contributed by atoms with Crippen LogP contribution in [0.4, 0.5) is 0 Å². The number of hydrogen-bond donors (Lipinski definition) is 2. The van der Waals surface area contributed by atoms with E-state index < -0.39 is 0 Å². The van der Waals surface area contributed by atoms with E-state index in [-0.39, 0.29) is 0 Å². The van der Waals surface area contributed by atoms with Crippen LogP contribution in [0.25, 0.3) is 0 Å². The molecule has 2 N–H and O–H groups in total. The standard InChI is InChI=1S/C9H20N2/c1-8(10-2)9-4-3-6-11-7-5-9/h8-11H,3-7H2,1-2H3. The topological polar surface area (TPSA) is 24.1 Å². The average molecular weight is 156 g/mol. The maximum Gasteiger partial charge on any atom is 0.00644 e. The number of hydrogen-bond acceptors (Lipinski definition) is 2. The molecule has 0 amide bonds. The zero-order valence-corrected chi connectivity index (χ0v) is 7.69. The minimum Gasteiger partial charge on any atom is -0.317 e. The maximum atomic E-state index is 3.43. The monoisotopic (exact) mass is 156 g/mol. The summed E-state index contributed by atoms with van der Waals surface area (Å²) in [5.41, 5.74) is 0. The molecule has 2 atom stereocenters. The third-order valence-electron chi connectivity index (χ3n) is 2.78. The second kappa shape index (κ2) is 4.73. The molecule has 1 heterocycles. The van der Waals surface area contributed by atoms with Crippen molar-refractivity contribution in [1.29, 1.82) is 0 Å². The Morgan fingerprint density at radius 1 is 1.36 bits per heavy atom. The summed E-state index contributed by atoms with van der Waals surface area (Å²) >= 11 is 0. The molecule has 0 saturated carbocycles. The summed E-state index contributed by atoms with van der Waals surface area (Å²) in [4.78, 5) is 0. The van der Waals surface area contributed by atoms with Gasteiger partial charge in [0.2, 0.25) is 0 Å².